The van der Waals surface area contributed by atoms with E-state index in [-0.39, 0.29) is 42.0 Å². The number of hydrogen-bond donors (Lipinski definition) is 3. The van der Waals surface area contributed by atoms with Crippen molar-refractivity contribution in [3.8, 4) is 46.0 Å². The summed E-state index contributed by atoms with van der Waals surface area (Å²) < 4.78 is 44.4. The van der Waals surface area contributed by atoms with E-state index in [1.54, 1.807) is 54.6 Å². The van der Waals surface area contributed by atoms with Gasteiger partial charge in [0.1, 0.15) is 12.7 Å². The Hall–Kier alpha value is -6.34. The molecule has 0 fully saturated rings. The highest BCUT2D eigenvalue weighted by Gasteiger charge is 2.29. The largest absolute Gasteiger partial charge is 0.504 e. The predicted octanol–water partition coefficient (Wildman–Crippen LogP) is 6.42. The van der Waals surface area contributed by atoms with Crippen LogP contribution in [0.25, 0.3) is 12.2 Å². The van der Waals surface area contributed by atoms with Gasteiger partial charge in [0.2, 0.25) is 0 Å². The van der Waals surface area contributed by atoms with Crippen LogP contribution in [0.15, 0.2) is 84.9 Å². The maximum absolute atomic E-state index is 12.8. The summed E-state index contributed by atoms with van der Waals surface area (Å²) in [5, 5.41) is 29.8. The fraction of sp³-hybridized carbons (Fsp3) is 0.268. The maximum Gasteiger partial charge on any atom is 0.330 e. The summed E-state index contributed by atoms with van der Waals surface area (Å²) in [6, 6.07) is 19.5. The highest BCUT2D eigenvalue weighted by atomic mass is 16.6. The Labute approximate surface area is 313 Å². The van der Waals surface area contributed by atoms with Crippen molar-refractivity contribution < 1.29 is 62.8 Å². The quantitative estimate of drug-likeness (QED) is 0.0547. The number of aryl methyl sites for hydroxylation is 1. The number of benzene rings is 4. The highest BCUT2D eigenvalue weighted by molar-refractivity contribution is 5.87. The van der Waals surface area contributed by atoms with Gasteiger partial charge in [-0.1, -0.05) is 24.3 Å². The maximum atomic E-state index is 12.8. The zero-order valence-electron chi connectivity index (χ0n) is 30.6. The molecule has 0 radical (unpaired) electrons. The van der Waals surface area contributed by atoms with Gasteiger partial charge in [-0.05, 0) is 95.8 Å². The summed E-state index contributed by atoms with van der Waals surface area (Å²) in [6.07, 6.45) is 5.05. The number of rotatable bonds is 19. The van der Waals surface area contributed by atoms with E-state index in [0.29, 0.717) is 46.8 Å². The van der Waals surface area contributed by atoms with Gasteiger partial charge in [-0.25, -0.2) is 9.59 Å². The summed E-state index contributed by atoms with van der Waals surface area (Å²) in [7, 11) is 7.28. The molecule has 13 nitrogen and oxygen atoms in total. The number of aromatic hydroxyl groups is 3. The third kappa shape index (κ3) is 11.3. The normalized spacial score (nSPS) is 12.2. The molecule has 4 aromatic carbocycles. The van der Waals surface area contributed by atoms with E-state index < -0.39 is 24.1 Å². The van der Waals surface area contributed by atoms with Gasteiger partial charge in [0.25, 0.3) is 0 Å². The van der Waals surface area contributed by atoms with Crippen molar-refractivity contribution in [2.75, 3.05) is 48.8 Å². The molecule has 0 aromatic heterocycles. The Morgan fingerprint density at radius 3 is 1.70 bits per heavy atom. The van der Waals surface area contributed by atoms with E-state index in [0.717, 1.165) is 5.56 Å². The highest BCUT2D eigenvalue weighted by Crippen LogP contribution is 2.36. The molecule has 0 unspecified atom stereocenters. The van der Waals surface area contributed by atoms with Gasteiger partial charge in [0.05, 0.1) is 35.0 Å². The number of phenolic OH excluding ortho intramolecular Hbond substituents is 3. The number of phenols is 3. The van der Waals surface area contributed by atoms with Crippen LogP contribution in [0.4, 0.5) is 0 Å². The van der Waals surface area contributed by atoms with Crippen molar-refractivity contribution in [2.24, 2.45) is 0 Å². The predicted molar refractivity (Wildman–Crippen MR) is 199 cm³/mol. The Bertz CT molecular complexity index is 1930. The van der Waals surface area contributed by atoms with Crippen LogP contribution in [-0.2, 0) is 30.2 Å². The molecular formula is C41H44O13. The van der Waals surface area contributed by atoms with Gasteiger partial charge < -0.3 is 53.2 Å². The zero-order chi connectivity index (χ0) is 39.0. The van der Waals surface area contributed by atoms with Crippen LogP contribution in [0.5, 0.6) is 46.0 Å². The Morgan fingerprint density at radius 1 is 0.611 bits per heavy atom. The van der Waals surface area contributed by atoms with Crippen molar-refractivity contribution in [1.82, 2.24) is 0 Å². The molecule has 0 aliphatic rings. The molecule has 0 saturated heterocycles. The molecule has 0 bridgehead atoms. The van der Waals surface area contributed by atoms with E-state index in [9.17, 15) is 24.9 Å². The first-order chi connectivity index (χ1) is 26.1. The zero-order valence-corrected chi connectivity index (χ0v) is 30.6. The molecule has 4 rings (SSSR count). The first kappa shape index (κ1) is 40.4. The number of carbonyl (C=O) groups excluding carboxylic acids is 2. The van der Waals surface area contributed by atoms with Crippen LogP contribution in [0.3, 0.4) is 0 Å². The Balaban J connectivity index is 1.43. The molecule has 286 valence electrons. The minimum atomic E-state index is -0.898. The molecule has 3 N–H and O–H groups in total. The van der Waals surface area contributed by atoms with Crippen molar-refractivity contribution in [3.05, 3.63) is 107 Å². The smallest absolute Gasteiger partial charge is 0.330 e. The van der Waals surface area contributed by atoms with Crippen molar-refractivity contribution >= 4 is 24.1 Å². The van der Waals surface area contributed by atoms with Crippen LogP contribution in [0, 0.1) is 0 Å². The van der Waals surface area contributed by atoms with Gasteiger partial charge in [0.15, 0.2) is 52.1 Å². The van der Waals surface area contributed by atoms with Crippen LogP contribution in [0.2, 0.25) is 0 Å². The molecule has 13 heteroatoms. The summed E-state index contributed by atoms with van der Waals surface area (Å²) in [5.74, 6) is 0.278. The topological polar surface area (TPSA) is 169 Å². The monoisotopic (exact) mass is 744 g/mol. The number of carbonyl (C=O) groups is 2. The van der Waals surface area contributed by atoms with Crippen LogP contribution >= 0.6 is 0 Å². The molecule has 4 aromatic rings. The van der Waals surface area contributed by atoms with Gasteiger partial charge in [-0.3, -0.25) is 0 Å². The van der Waals surface area contributed by atoms with Crippen molar-refractivity contribution in [3.63, 3.8) is 0 Å². The van der Waals surface area contributed by atoms with Crippen LogP contribution < -0.4 is 23.7 Å². The van der Waals surface area contributed by atoms with Crippen molar-refractivity contribution in [1.29, 1.82) is 0 Å². The molecular weight excluding hydrogens is 700 g/mol. The summed E-state index contributed by atoms with van der Waals surface area (Å²) in [6.45, 7) is -0.0643. The molecule has 0 amide bonds. The fourth-order valence-corrected chi connectivity index (χ4v) is 5.32. The van der Waals surface area contributed by atoms with E-state index in [2.05, 4.69) is 0 Å². The minimum absolute atomic E-state index is 0.00199. The summed E-state index contributed by atoms with van der Waals surface area (Å²) in [4.78, 5) is 25.1. The molecule has 0 spiro atoms. The van der Waals surface area contributed by atoms with Crippen molar-refractivity contribution in [2.45, 2.75) is 25.0 Å². The first-order valence-corrected chi connectivity index (χ1v) is 16.8. The average molecular weight is 745 g/mol. The lowest BCUT2D eigenvalue weighted by Gasteiger charge is -2.28. The van der Waals surface area contributed by atoms with E-state index in [4.69, 9.17) is 37.9 Å². The SMILES string of the molecule is COc1cc(/C=C/C(=O)OCCCc2ccc(O[C@@H](COC(=O)/C=C/c3ccc(O)c(OC)c3)[C@H](OC)c3ccc(O)c(OC)c3)c(OC)c2)ccc1O. The summed E-state index contributed by atoms with van der Waals surface area (Å²) >= 11 is 0. The number of methoxy groups -OCH3 is 5. The molecule has 0 saturated carbocycles. The second kappa shape index (κ2) is 20.0. The second-order valence-corrected chi connectivity index (χ2v) is 11.7. The lowest BCUT2D eigenvalue weighted by Crippen LogP contribution is -2.32. The van der Waals surface area contributed by atoms with E-state index in [1.807, 2.05) is 6.07 Å². The third-order valence-electron chi connectivity index (χ3n) is 8.11. The molecule has 54 heavy (non-hydrogen) atoms. The molecule has 0 aliphatic heterocycles. The Kier molecular flexibility index (Phi) is 15.0. The Morgan fingerprint density at radius 2 is 1.15 bits per heavy atom. The van der Waals surface area contributed by atoms with Gasteiger partial charge in [-0.2, -0.15) is 0 Å². The fourth-order valence-electron chi connectivity index (χ4n) is 5.32. The van der Waals surface area contributed by atoms with Gasteiger partial charge in [-0.15, -0.1) is 0 Å². The second-order valence-electron chi connectivity index (χ2n) is 11.7. The number of ether oxygens (including phenoxy) is 8. The number of hydrogen-bond acceptors (Lipinski definition) is 13. The molecule has 0 aliphatic carbocycles. The number of esters is 2. The van der Waals surface area contributed by atoms with Gasteiger partial charge >= 0.3 is 11.9 Å². The molecule has 2 atom stereocenters. The van der Waals surface area contributed by atoms with E-state index >= 15 is 0 Å². The van der Waals surface area contributed by atoms with Gasteiger partial charge in [0, 0.05) is 19.3 Å². The average Bonchev–Trinajstić information content (AvgIpc) is 3.18. The lowest BCUT2D eigenvalue weighted by molar-refractivity contribution is -0.143. The third-order valence-corrected chi connectivity index (χ3v) is 8.11. The standard InChI is InChI=1S/C41H44O13/c1-47-34-21-27(8-14-30(34)42)11-18-39(45)52-20-6-7-26-10-17-33(37(23-26)50-4)54-38(41(51-5)29-13-16-32(44)36(24-29)49-3)25-53-40(46)19-12-28-9-15-31(43)35(22-28)48-2/h8-19,21-24,38,41-44H,6-7,20,25H2,1-5H3/b18-11+,19-12+/t38-,41+/m0/s1. The molecule has 0 heterocycles. The first-order valence-electron chi connectivity index (χ1n) is 16.8. The lowest BCUT2D eigenvalue weighted by atomic mass is 10.0. The van der Waals surface area contributed by atoms with E-state index in [1.165, 1.54) is 72.0 Å². The van der Waals surface area contributed by atoms with Crippen LogP contribution in [-0.4, -0.2) is 82.1 Å². The summed E-state index contributed by atoms with van der Waals surface area (Å²) in [5.41, 5.74) is 2.75. The minimum Gasteiger partial charge on any atom is -0.504 e. The van der Waals surface area contributed by atoms with Crippen LogP contribution in [0.1, 0.15) is 34.8 Å².